The molecule has 1 amide bonds. The minimum Gasteiger partial charge on any atom is -0.368 e. The van der Waals surface area contributed by atoms with E-state index in [1.54, 1.807) is 0 Å². The Balaban J connectivity index is 1.22. The number of amides is 1. The van der Waals surface area contributed by atoms with Crippen molar-refractivity contribution in [3.05, 3.63) is 42.2 Å². The molecule has 0 unspecified atom stereocenters. The number of aryl methyl sites for hydroxylation is 1. The molecule has 2 aliphatic heterocycles. The van der Waals surface area contributed by atoms with Gasteiger partial charge in [0.25, 0.3) is 5.91 Å². The fraction of sp³-hybridized carbons (Fsp3) is 0.520. The first-order valence-corrected chi connectivity index (χ1v) is 12.6. The molecule has 35 heavy (non-hydrogen) atoms. The molecule has 0 spiro atoms. The molecular weight excluding hydrogens is 442 g/mol. The van der Waals surface area contributed by atoms with Gasteiger partial charge in [0.2, 0.25) is 5.95 Å². The average molecular weight is 478 g/mol. The summed E-state index contributed by atoms with van der Waals surface area (Å²) < 4.78 is 2.09. The van der Waals surface area contributed by atoms with E-state index in [-0.39, 0.29) is 11.9 Å². The van der Waals surface area contributed by atoms with Crippen molar-refractivity contribution in [3.63, 3.8) is 0 Å². The Morgan fingerprint density at radius 2 is 1.63 bits per heavy atom. The number of nitrogens with zero attached hydrogens (tertiary/aromatic N) is 8. The van der Waals surface area contributed by atoms with E-state index < -0.39 is 0 Å². The summed E-state index contributed by atoms with van der Waals surface area (Å²) in [6, 6.07) is 9.44. The van der Waals surface area contributed by atoms with E-state index in [1.165, 1.54) is 0 Å². The van der Waals surface area contributed by atoms with Crippen molar-refractivity contribution >= 4 is 28.8 Å². The number of carbonyl (C=O) groups excluding carboxylic acids is 1. The number of nitrogens with two attached hydrogens (primary N) is 1. The van der Waals surface area contributed by atoms with Crippen LogP contribution in [-0.4, -0.2) is 106 Å². The van der Waals surface area contributed by atoms with E-state index in [2.05, 4.69) is 41.1 Å². The van der Waals surface area contributed by atoms with Crippen molar-refractivity contribution in [2.45, 2.75) is 19.9 Å². The lowest BCUT2D eigenvalue weighted by atomic mass is 10.2. The van der Waals surface area contributed by atoms with Crippen LogP contribution in [0.15, 0.2) is 36.7 Å². The Hall–Kier alpha value is -3.24. The normalized spacial score (nSPS) is 17.9. The standard InChI is InChI=1S/C25H35N9O/c1-2-30-11-13-31(14-12-30)9-6-10-34-19-27-21-22(28-25(26)29-23(21)34)32-15-17-33(18-16-32)24(35)20-7-4-3-5-8-20/h3-5,7-8,19H,2,6,9-18H2,1H3,(H2,26,28,29). The Morgan fingerprint density at radius 3 is 2.34 bits per heavy atom. The highest BCUT2D eigenvalue weighted by Crippen LogP contribution is 2.25. The maximum absolute atomic E-state index is 12.8. The zero-order chi connectivity index (χ0) is 24.2. The van der Waals surface area contributed by atoms with Crippen LogP contribution in [0.5, 0.6) is 0 Å². The summed E-state index contributed by atoms with van der Waals surface area (Å²) in [6.07, 6.45) is 2.89. The molecule has 1 aromatic carbocycles. The third kappa shape index (κ3) is 5.23. The first kappa shape index (κ1) is 23.5. The molecule has 10 nitrogen and oxygen atoms in total. The van der Waals surface area contributed by atoms with Gasteiger partial charge >= 0.3 is 0 Å². The van der Waals surface area contributed by atoms with Gasteiger partial charge in [-0.05, 0) is 31.6 Å². The van der Waals surface area contributed by atoms with Gasteiger partial charge < -0.3 is 29.9 Å². The Morgan fingerprint density at radius 1 is 0.914 bits per heavy atom. The molecule has 3 aromatic rings. The van der Waals surface area contributed by atoms with E-state index in [0.29, 0.717) is 26.2 Å². The molecule has 186 valence electrons. The minimum atomic E-state index is 0.0676. The molecule has 2 saturated heterocycles. The summed E-state index contributed by atoms with van der Waals surface area (Å²) in [6.45, 7) is 12.5. The van der Waals surface area contributed by atoms with Crippen LogP contribution in [0.2, 0.25) is 0 Å². The van der Waals surface area contributed by atoms with Crippen molar-refractivity contribution in [3.8, 4) is 0 Å². The van der Waals surface area contributed by atoms with Gasteiger partial charge in [0.05, 0.1) is 6.33 Å². The maximum Gasteiger partial charge on any atom is 0.253 e. The summed E-state index contributed by atoms with van der Waals surface area (Å²) in [5.41, 5.74) is 8.40. The second-order valence-electron chi connectivity index (χ2n) is 9.29. The van der Waals surface area contributed by atoms with Gasteiger partial charge in [0.1, 0.15) is 0 Å². The fourth-order valence-corrected chi connectivity index (χ4v) is 5.01. The highest BCUT2D eigenvalue weighted by atomic mass is 16.2. The molecule has 2 aromatic heterocycles. The van der Waals surface area contributed by atoms with Crippen molar-refractivity contribution in [1.29, 1.82) is 0 Å². The lowest BCUT2D eigenvalue weighted by molar-refractivity contribution is 0.0746. The van der Waals surface area contributed by atoms with Crippen LogP contribution in [0.3, 0.4) is 0 Å². The topological polar surface area (TPSA) is 99.7 Å². The Bertz CT molecular complexity index is 1130. The van der Waals surface area contributed by atoms with Gasteiger partial charge in [0, 0.05) is 64.5 Å². The predicted octanol–water partition coefficient (Wildman–Crippen LogP) is 1.40. The van der Waals surface area contributed by atoms with Crippen molar-refractivity contribution in [2.75, 3.05) is 76.1 Å². The fourth-order valence-electron chi connectivity index (χ4n) is 5.01. The summed E-state index contributed by atoms with van der Waals surface area (Å²) in [5.74, 6) is 1.08. The van der Waals surface area contributed by atoms with Gasteiger partial charge in [0.15, 0.2) is 17.0 Å². The highest BCUT2D eigenvalue weighted by molar-refractivity contribution is 5.94. The molecule has 5 rings (SSSR count). The third-order valence-corrected chi connectivity index (χ3v) is 7.14. The first-order chi connectivity index (χ1) is 17.1. The van der Waals surface area contributed by atoms with Crippen LogP contribution in [0, 0.1) is 0 Å². The number of nitrogen functional groups attached to an aromatic ring is 1. The predicted molar refractivity (Wildman–Crippen MR) is 137 cm³/mol. The van der Waals surface area contributed by atoms with Crippen LogP contribution in [0.4, 0.5) is 11.8 Å². The van der Waals surface area contributed by atoms with Gasteiger partial charge in [-0.25, -0.2) is 4.98 Å². The number of hydrogen-bond acceptors (Lipinski definition) is 8. The quantitative estimate of drug-likeness (QED) is 0.545. The van der Waals surface area contributed by atoms with Crippen LogP contribution >= 0.6 is 0 Å². The van der Waals surface area contributed by atoms with Crippen molar-refractivity contribution in [2.24, 2.45) is 0 Å². The van der Waals surface area contributed by atoms with Gasteiger partial charge in [-0.1, -0.05) is 25.1 Å². The van der Waals surface area contributed by atoms with Crippen molar-refractivity contribution < 1.29 is 4.79 Å². The number of carbonyl (C=O) groups is 1. The number of aromatic nitrogens is 4. The SMILES string of the molecule is CCN1CCN(CCCn2cnc3c(N4CCN(C(=O)c5ccccc5)CC4)nc(N)nc32)CC1. The summed E-state index contributed by atoms with van der Waals surface area (Å²) in [4.78, 5) is 35.6. The van der Waals surface area contributed by atoms with Crippen LogP contribution in [0.25, 0.3) is 11.2 Å². The molecular formula is C25H35N9O. The lowest BCUT2D eigenvalue weighted by Gasteiger charge is -2.35. The maximum atomic E-state index is 12.8. The number of likely N-dealkylation sites (N-methyl/N-ethyl adjacent to an activating group) is 1. The number of fused-ring (bicyclic) bond motifs is 1. The zero-order valence-corrected chi connectivity index (χ0v) is 20.5. The Labute approximate surface area is 206 Å². The van der Waals surface area contributed by atoms with E-state index in [1.807, 2.05) is 41.6 Å². The van der Waals surface area contributed by atoms with E-state index in [9.17, 15) is 4.79 Å². The summed E-state index contributed by atoms with van der Waals surface area (Å²) in [5, 5.41) is 0. The molecule has 2 N–H and O–H groups in total. The number of piperazine rings is 2. The summed E-state index contributed by atoms with van der Waals surface area (Å²) >= 11 is 0. The van der Waals surface area contributed by atoms with E-state index in [0.717, 1.165) is 74.8 Å². The monoisotopic (exact) mass is 477 g/mol. The number of imidazole rings is 1. The van der Waals surface area contributed by atoms with Gasteiger partial charge in [-0.15, -0.1) is 0 Å². The minimum absolute atomic E-state index is 0.0676. The zero-order valence-electron chi connectivity index (χ0n) is 20.5. The molecule has 4 heterocycles. The number of benzene rings is 1. The van der Waals surface area contributed by atoms with Crippen LogP contribution < -0.4 is 10.6 Å². The van der Waals surface area contributed by atoms with E-state index in [4.69, 9.17) is 5.73 Å². The van der Waals surface area contributed by atoms with Crippen LogP contribution in [0.1, 0.15) is 23.7 Å². The smallest absolute Gasteiger partial charge is 0.253 e. The summed E-state index contributed by atoms with van der Waals surface area (Å²) in [7, 11) is 0. The van der Waals surface area contributed by atoms with E-state index >= 15 is 0 Å². The second-order valence-corrected chi connectivity index (χ2v) is 9.29. The molecule has 10 heteroatoms. The van der Waals surface area contributed by atoms with Gasteiger partial charge in [-0.3, -0.25) is 4.79 Å². The number of hydrogen-bond donors (Lipinski definition) is 1. The Kier molecular flexibility index (Phi) is 7.10. The molecule has 0 bridgehead atoms. The molecule has 0 aliphatic carbocycles. The largest absolute Gasteiger partial charge is 0.368 e. The molecule has 2 aliphatic rings. The molecule has 0 saturated carbocycles. The van der Waals surface area contributed by atoms with Crippen molar-refractivity contribution in [1.82, 2.24) is 34.2 Å². The van der Waals surface area contributed by atoms with Crippen LogP contribution in [-0.2, 0) is 6.54 Å². The first-order valence-electron chi connectivity index (χ1n) is 12.6. The molecule has 2 fully saturated rings. The number of anilines is 2. The molecule has 0 radical (unpaired) electrons. The second kappa shape index (κ2) is 10.6. The third-order valence-electron chi connectivity index (χ3n) is 7.14. The highest BCUT2D eigenvalue weighted by Gasteiger charge is 2.25. The average Bonchev–Trinajstić information content (AvgIpc) is 3.31. The lowest BCUT2D eigenvalue weighted by Crippen LogP contribution is -2.49. The molecule has 0 atom stereocenters. The number of rotatable bonds is 7. The van der Waals surface area contributed by atoms with Gasteiger partial charge in [-0.2, -0.15) is 9.97 Å².